The molecule has 3 amide bonds. The molecule has 0 saturated carbocycles. The lowest BCUT2D eigenvalue weighted by atomic mass is 10.1. The molecule has 9 nitrogen and oxygen atoms in total. The summed E-state index contributed by atoms with van der Waals surface area (Å²) in [6.45, 7) is 0.915. The van der Waals surface area contributed by atoms with Crippen molar-refractivity contribution >= 4 is 62.5 Å². The SMILES string of the molecule is CCOc1cc(/C=C2/SC(=O)N(CC(=O)Nc3cccc(F)c3)C2=O)c(Br)cc1OCC(=O)O. The van der Waals surface area contributed by atoms with Crippen LogP contribution < -0.4 is 14.8 Å². The number of halogens is 2. The fourth-order valence-electron chi connectivity index (χ4n) is 2.87. The number of aliphatic carboxylic acids is 1. The van der Waals surface area contributed by atoms with Gasteiger partial charge in [0.1, 0.15) is 12.4 Å². The van der Waals surface area contributed by atoms with Gasteiger partial charge in [-0.1, -0.05) is 22.0 Å². The molecule has 2 N–H and O–H groups in total. The average Bonchev–Trinajstić information content (AvgIpc) is 3.02. The molecule has 178 valence electrons. The molecule has 1 saturated heterocycles. The Bertz CT molecular complexity index is 1190. The molecule has 0 radical (unpaired) electrons. The maximum atomic E-state index is 13.3. The third kappa shape index (κ3) is 6.35. The van der Waals surface area contributed by atoms with Gasteiger partial charge in [0.15, 0.2) is 18.1 Å². The molecule has 2 aromatic rings. The van der Waals surface area contributed by atoms with Crippen LogP contribution in [-0.4, -0.2) is 52.8 Å². The second-order valence-corrected chi connectivity index (χ2v) is 8.61. The zero-order chi connectivity index (χ0) is 24.8. The molecule has 1 fully saturated rings. The maximum absolute atomic E-state index is 13.3. The van der Waals surface area contributed by atoms with Gasteiger partial charge in [-0.2, -0.15) is 0 Å². The van der Waals surface area contributed by atoms with Crippen LogP contribution in [0.25, 0.3) is 6.08 Å². The Morgan fingerprint density at radius 1 is 1.21 bits per heavy atom. The molecular formula is C22H18BrFN2O7S. The van der Waals surface area contributed by atoms with Crippen molar-refractivity contribution in [3.63, 3.8) is 0 Å². The number of hydrogen-bond acceptors (Lipinski definition) is 7. The summed E-state index contributed by atoms with van der Waals surface area (Å²) in [7, 11) is 0. The number of nitrogens with one attached hydrogen (secondary N) is 1. The minimum absolute atomic E-state index is 0.0749. The summed E-state index contributed by atoms with van der Waals surface area (Å²) in [5, 5.41) is 10.6. The van der Waals surface area contributed by atoms with Crippen molar-refractivity contribution in [1.82, 2.24) is 4.90 Å². The van der Waals surface area contributed by atoms with Gasteiger partial charge in [-0.3, -0.25) is 19.3 Å². The van der Waals surface area contributed by atoms with Crippen LogP contribution in [0, 0.1) is 5.82 Å². The van der Waals surface area contributed by atoms with E-state index in [0.717, 1.165) is 11.0 Å². The largest absolute Gasteiger partial charge is 0.490 e. The van der Waals surface area contributed by atoms with Crippen LogP contribution in [0.15, 0.2) is 45.8 Å². The molecule has 3 rings (SSSR count). The third-order valence-corrected chi connectivity index (χ3v) is 5.88. The molecule has 0 aliphatic carbocycles. The van der Waals surface area contributed by atoms with Gasteiger partial charge in [0.25, 0.3) is 11.1 Å². The first-order valence-corrected chi connectivity index (χ1v) is 11.4. The molecule has 1 aliphatic heterocycles. The molecule has 34 heavy (non-hydrogen) atoms. The van der Waals surface area contributed by atoms with Crippen LogP contribution in [0.5, 0.6) is 11.5 Å². The number of thioether (sulfide) groups is 1. The van der Waals surface area contributed by atoms with Gasteiger partial charge in [0.05, 0.1) is 11.5 Å². The average molecular weight is 553 g/mol. The van der Waals surface area contributed by atoms with Crippen molar-refractivity contribution in [1.29, 1.82) is 0 Å². The lowest BCUT2D eigenvalue weighted by Gasteiger charge is -2.13. The summed E-state index contributed by atoms with van der Waals surface area (Å²) in [5.74, 6) is -2.57. The highest BCUT2D eigenvalue weighted by molar-refractivity contribution is 9.10. The Kier molecular flexibility index (Phi) is 8.29. The van der Waals surface area contributed by atoms with Gasteiger partial charge < -0.3 is 19.9 Å². The minimum Gasteiger partial charge on any atom is -0.490 e. The standard InChI is InChI=1S/C22H18BrFN2O7S/c1-2-32-16-6-12(15(23)9-17(16)33-11-20(28)29)7-18-21(30)26(22(31)34-18)10-19(27)25-14-5-3-4-13(24)8-14/h3-9H,2,10-11H2,1H3,(H,25,27)(H,28,29)/b18-7+. The highest BCUT2D eigenvalue weighted by Crippen LogP contribution is 2.38. The van der Waals surface area contributed by atoms with Crippen molar-refractivity contribution in [2.24, 2.45) is 0 Å². The van der Waals surface area contributed by atoms with Gasteiger partial charge in [-0.05, 0) is 60.7 Å². The first-order valence-electron chi connectivity index (χ1n) is 9.79. The number of carbonyl (C=O) groups is 4. The summed E-state index contributed by atoms with van der Waals surface area (Å²) in [5.41, 5.74) is 0.672. The molecule has 0 atom stereocenters. The van der Waals surface area contributed by atoms with Crippen molar-refractivity contribution < 1.29 is 38.1 Å². The summed E-state index contributed by atoms with van der Waals surface area (Å²) in [4.78, 5) is 49.1. The van der Waals surface area contributed by atoms with Crippen molar-refractivity contribution in [2.75, 3.05) is 25.1 Å². The number of rotatable bonds is 9. The number of carbonyl (C=O) groups excluding carboxylic acids is 3. The van der Waals surface area contributed by atoms with Gasteiger partial charge in [0, 0.05) is 10.2 Å². The number of carboxylic acid groups (broad SMARTS) is 1. The first kappa shape index (κ1) is 25.2. The van der Waals surface area contributed by atoms with Crippen LogP contribution >= 0.6 is 27.7 Å². The number of ether oxygens (including phenoxy) is 2. The van der Waals surface area contributed by atoms with Crippen LogP contribution in [0.2, 0.25) is 0 Å². The fraction of sp³-hybridized carbons (Fsp3) is 0.182. The van der Waals surface area contributed by atoms with E-state index in [1.807, 2.05) is 0 Å². The van der Waals surface area contributed by atoms with Crippen molar-refractivity contribution in [2.45, 2.75) is 6.92 Å². The minimum atomic E-state index is -1.15. The summed E-state index contributed by atoms with van der Waals surface area (Å²) in [6.07, 6.45) is 1.45. The van der Waals surface area contributed by atoms with Crippen LogP contribution in [0.1, 0.15) is 12.5 Å². The maximum Gasteiger partial charge on any atom is 0.341 e. The van der Waals surface area contributed by atoms with E-state index < -0.39 is 42.0 Å². The predicted octanol–water partition coefficient (Wildman–Crippen LogP) is 4.13. The predicted molar refractivity (Wildman–Crippen MR) is 126 cm³/mol. The highest BCUT2D eigenvalue weighted by Gasteiger charge is 2.36. The number of imide groups is 1. The molecular weight excluding hydrogens is 535 g/mol. The van der Waals surface area contributed by atoms with E-state index in [9.17, 15) is 23.6 Å². The van der Waals surface area contributed by atoms with Crippen molar-refractivity contribution in [3.05, 3.63) is 57.2 Å². The Hall–Kier alpha value is -3.38. The summed E-state index contributed by atoms with van der Waals surface area (Å²) >= 11 is 4.00. The van der Waals surface area contributed by atoms with Crippen molar-refractivity contribution in [3.8, 4) is 11.5 Å². The lowest BCUT2D eigenvalue weighted by Crippen LogP contribution is -2.36. The Morgan fingerprint density at radius 2 is 1.94 bits per heavy atom. The van der Waals surface area contributed by atoms with E-state index in [1.165, 1.54) is 36.4 Å². The Balaban J connectivity index is 1.77. The quantitative estimate of drug-likeness (QED) is 0.445. The third-order valence-electron chi connectivity index (χ3n) is 4.28. The molecule has 0 spiro atoms. The normalized spacial score (nSPS) is 14.4. The highest BCUT2D eigenvalue weighted by atomic mass is 79.9. The number of benzene rings is 2. The first-order chi connectivity index (χ1) is 16.2. The monoisotopic (exact) mass is 552 g/mol. The molecule has 0 aromatic heterocycles. The molecule has 12 heteroatoms. The molecule has 2 aromatic carbocycles. The smallest absolute Gasteiger partial charge is 0.341 e. The van der Waals surface area contributed by atoms with E-state index in [0.29, 0.717) is 21.8 Å². The van der Waals surface area contributed by atoms with E-state index in [2.05, 4.69) is 21.2 Å². The van der Waals surface area contributed by atoms with Crippen LogP contribution in [0.4, 0.5) is 14.9 Å². The lowest BCUT2D eigenvalue weighted by molar-refractivity contribution is -0.139. The summed E-state index contributed by atoms with van der Waals surface area (Å²) < 4.78 is 24.5. The van der Waals surface area contributed by atoms with E-state index in [1.54, 1.807) is 6.92 Å². The number of hydrogen-bond donors (Lipinski definition) is 2. The molecule has 0 unspecified atom stereocenters. The molecule has 1 heterocycles. The number of anilines is 1. The van der Waals surface area contributed by atoms with Gasteiger partial charge >= 0.3 is 5.97 Å². The van der Waals surface area contributed by atoms with Crippen LogP contribution in [0.3, 0.4) is 0 Å². The van der Waals surface area contributed by atoms with E-state index in [4.69, 9.17) is 14.6 Å². The Labute approximate surface area is 206 Å². The van der Waals surface area contributed by atoms with E-state index in [-0.39, 0.29) is 28.7 Å². The zero-order valence-electron chi connectivity index (χ0n) is 17.7. The second-order valence-electron chi connectivity index (χ2n) is 6.76. The second kappa shape index (κ2) is 11.2. The topological polar surface area (TPSA) is 122 Å². The number of nitrogens with zero attached hydrogens (tertiary/aromatic N) is 1. The van der Waals surface area contributed by atoms with E-state index >= 15 is 0 Å². The number of carboxylic acids is 1. The van der Waals surface area contributed by atoms with Crippen LogP contribution in [-0.2, 0) is 14.4 Å². The molecule has 0 bridgehead atoms. The van der Waals surface area contributed by atoms with Gasteiger partial charge in [-0.15, -0.1) is 0 Å². The molecule has 1 aliphatic rings. The van der Waals surface area contributed by atoms with Gasteiger partial charge in [-0.25, -0.2) is 9.18 Å². The van der Waals surface area contributed by atoms with Gasteiger partial charge in [0.2, 0.25) is 5.91 Å². The zero-order valence-corrected chi connectivity index (χ0v) is 20.1. The Morgan fingerprint density at radius 3 is 2.62 bits per heavy atom. The number of amides is 3. The summed E-state index contributed by atoms with van der Waals surface area (Å²) in [6, 6.07) is 8.26. The fourth-order valence-corrected chi connectivity index (χ4v) is 4.14.